The number of benzene rings is 2. The van der Waals surface area contributed by atoms with Crippen molar-refractivity contribution in [2.75, 3.05) is 7.11 Å². The number of aromatic nitrogens is 3. The molecule has 1 heterocycles. The largest absolute Gasteiger partial charge is 0.497 e. The number of rotatable bonds is 7. The molecule has 3 aromatic rings. The zero-order chi connectivity index (χ0) is 21.5. The van der Waals surface area contributed by atoms with Crippen LogP contribution in [0, 0.1) is 19.7 Å². The summed E-state index contributed by atoms with van der Waals surface area (Å²) in [5.74, 6) is 2.89. The molecule has 166 valence electrons. The minimum atomic E-state index is -0.212. The van der Waals surface area contributed by atoms with Crippen LogP contribution < -0.4 is 15.4 Å². The number of ether oxygens (including phenoxy) is 1. The minimum absolute atomic E-state index is 0. The number of methoxy groups -OCH3 is 1. The molecule has 0 bridgehead atoms. The zero-order valence-corrected chi connectivity index (χ0v) is 20.5. The third-order valence-electron chi connectivity index (χ3n) is 4.86. The molecular formula is C22H28FIN6O. The summed E-state index contributed by atoms with van der Waals surface area (Å²) in [5, 5.41) is 14.9. The molecule has 0 aliphatic carbocycles. The number of hydrogen-bond donors (Lipinski definition) is 2. The van der Waals surface area contributed by atoms with Crippen molar-refractivity contribution in [3.63, 3.8) is 0 Å². The normalized spacial score (nSPS) is 11.1. The molecule has 0 atom stereocenters. The standard InChI is InChI=1S/C22H27FN6O.HI/c1-15-11-18(7-10-20(15)23)13-25-22(26-14-21-28-27-16(2)29(21)3)24-12-17-5-8-19(30-4)9-6-17;/h5-11H,12-14H2,1-4H3,(H2,24,25,26);1H. The molecule has 9 heteroatoms. The van der Waals surface area contributed by atoms with Gasteiger partial charge in [-0.25, -0.2) is 9.38 Å². The lowest BCUT2D eigenvalue weighted by atomic mass is 10.1. The first-order valence-electron chi connectivity index (χ1n) is 9.71. The van der Waals surface area contributed by atoms with Gasteiger partial charge in [0, 0.05) is 13.6 Å². The molecule has 2 aromatic carbocycles. The summed E-state index contributed by atoms with van der Waals surface area (Å²) < 4.78 is 20.7. The second-order valence-corrected chi connectivity index (χ2v) is 7.03. The maximum Gasteiger partial charge on any atom is 0.192 e. The number of aliphatic imine (C=N–C) groups is 1. The first kappa shape index (κ1) is 24.6. The summed E-state index contributed by atoms with van der Waals surface area (Å²) in [6.07, 6.45) is 0. The Hall–Kier alpha value is -2.69. The molecule has 0 unspecified atom stereocenters. The number of nitrogens with one attached hydrogen (secondary N) is 2. The summed E-state index contributed by atoms with van der Waals surface area (Å²) in [4.78, 5) is 4.65. The van der Waals surface area contributed by atoms with Crippen LogP contribution in [0.4, 0.5) is 4.39 Å². The van der Waals surface area contributed by atoms with Gasteiger partial charge in [0.1, 0.15) is 17.4 Å². The predicted octanol–water partition coefficient (Wildman–Crippen LogP) is 3.63. The second kappa shape index (κ2) is 11.6. The van der Waals surface area contributed by atoms with Crippen molar-refractivity contribution in [1.82, 2.24) is 25.4 Å². The Morgan fingerprint density at radius 3 is 2.32 bits per heavy atom. The van der Waals surface area contributed by atoms with E-state index in [0.29, 0.717) is 31.2 Å². The van der Waals surface area contributed by atoms with Crippen LogP contribution in [0.1, 0.15) is 28.3 Å². The molecule has 1 aromatic heterocycles. The molecular weight excluding hydrogens is 510 g/mol. The van der Waals surface area contributed by atoms with E-state index in [4.69, 9.17) is 4.74 Å². The second-order valence-electron chi connectivity index (χ2n) is 7.03. The monoisotopic (exact) mass is 538 g/mol. The minimum Gasteiger partial charge on any atom is -0.497 e. The Balaban J connectivity index is 0.00000341. The van der Waals surface area contributed by atoms with Crippen LogP contribution in [0.25, 0.3) is 0 Å². The van der Waals surface area contributed by atoms with Crippen LogP contribution in [-0.2, 0) is 26.7 Å². The molecule has 0 amide bonds. The predicted molar refractivity (Wildman–Crippen MR) is 130 cm³/mol. The first-order chi connectivity index (χ1) is 14.5. The molecule has 3 rings (SSSR count). The van der Waals surface area contributed by atoms with Gasteiger partial charge in [0.25, 0.3) is 0 Å². The summed E-state index contributed by atoms with van der Waals surface area (Å²) in [6, 6.07) is 12.9. The molecule has 0 radical (unpaired) electrons. The van der Waals surface area contributed by atoms with Crippen LogP contribution in [0.5, 0.6) is 5.75 Å². The Morgan fingerprint density at radius 2 is 1.71 bits per heavy atom. The maximum absolute atomic E-state index is 13.5. The van der Waals surface area contributed by atoms with E-state index in [2.05, 4.69) is 25.8 Å². The van der Waals surface area contributed by atoms with Gasteiger partial charge >= 0.3 is 0 Å². The van der Waals surface area contributed by atoms with E-state index in [0.717, 1.165) is 28.5 Å². The van der Waals surface area contributed by atoms with Gasteiger partial charge in [0.05, 0.1) is 20.2 Å². The third-order valence-corrected chi connectivity index (χ3v) is 4.86. The average Bonchev–Trinajstić information content (AvgIpc) is 3.08. The highest BCUT2D eigenvalue weighted by Crippen LogP contribution is 2.12. The van der Waals surface area contributed by atoms with Gasteiger partial charge in [-0.2, -0.15) is 0 Å². The Kier molecular flexibility index (Phi) is 9.22. The van der Waals surface area contributed by atoms with Gasteiger partial charge in [0.2, 0.25) is 0 Å². The van der Waals surface area contributed by atoms with Crippen LogP contribution in [0.2, 0.25) is 0 Å². The van der Waals surface area contributed by atoms with Crippen LogP contribution in [-0.4, -0.2) is 27.8 Å². The van der Waals surface area contributed by atoms with Crippen molar-refractivity contribution < 1.29 is 9.13 Å². The van der Waals surface area contributed by atoms with Crippen molar-refractivity contribution in [2.24, 2.45) is 12.0 Å². The van der Waals surface area contributed by atoms with Gasteiger partial charge in [-0.3, -0.25) is 0 Å². The highest BCUT2D eigenvalue weighted by molar-refractivity contribution is 14.0. The molecule has 2 N–H and O–H groups in total. The van der Waals surface area contributed by atoms with E-state index < -0.39 is 0 Å². The summed E-state index contributed by atoms with van der Waals surface area (Å²) in [5.41, 5.74) is 2.64. The van der Waals surface area contributed by atoms with Crippen LogP contribution in [0.15, 0.2) is 47.5 Å². The van der Waals surface area contributed by atoms with Gasteiger partial charge in [0.15, 0.2) is 11.8 Å². The zero-order valence-electron chi connectivity index (χ0n) is 18.1. The van der Waals surface area contributed by atoms with Crippen molar-refractivity contribution in [1.29, 1.82) is 0 Å². The lowest BCUT2D eigenvalue weighted by Crippen LogP contribution is -2.37. The average molecular weight is 538 g/mol. The van der Waals surface area contributed by atoms with Crippen molar-refractivity contribution in [2.45, 2.75) is 33.5 Å². The summed E-state index contributed by atoms with van der Waals surface area (Å²) in [6.45, 7) is 5.16. The number of hydrogen-bond acceptors (Lipinski definition) is 4. The molecule has 0 aliphatic rings. The Bertz CT molecular complexity index is 1020. The molecule has 0 saturated heterocycles. The lowest BCUT2D eigenvalue weighted by Gasteiger charge is -2.13. The summed E-state index contributed by atoms with van der Waals surface area (Å²) >= 11 is 0. The van der Waals surface area contributed by atoms with Gasteiger partial charge in [-0.15, -0.1) is 34.2 Å². The van der Waals surface area contributed by atoms with E-state index in [1.165, 1.54) is 6.07 Å². The number of halogens is 2. The Labute approximate surface area is 199 Å². The first-order valence-corrected chi connectivity index (χ1v) is 9.71. The molecule has 0 saturated carbocycles. The highest BCUT2D eigenvalue weighted by atomic mass is 127. The fourth-order valence-corrected chi connectivity index (χ4v) is 2.85. The maximum atomic E-state index is 13.5. The fraction of sp³-hybridized carbons (Fsp3) is 0.318. The highest BCUT2D eigenvalue weighted by Gasteiger charge is 2.07. The van der Waals surface area contributed by atoms with E-state index >= 15 is 0 Å². The van der Waals surface area contributed by atoms with Crippen LogP contribution >= 0.6 is 24.0 Å². The van der Waals surface area contributed by atoms with E-state index in [1.807, 2.05) is 48.9 Å². The van der Waals surface area contributed by atoms with Gasteiger partial charge in [-0.05, 0) is 48.7 Å². The topological polar surface area (TPSA) is 76.4 Å². The number of aryl methyl sites for hydroxylation is 2. The third kappa shape index (κ3) is 6.91. The lowest BCUT2D eigenvalue weighted by molar-refractivity contribution is 0.414. The van der Waals surface area contributed by atoms with Gasteiger partial charge in [-0.1, -0.05) is 24.3 Å². The fourth-order valence-electron chi connectivity index (χ4n) is 2.85. The molecule has 0 aliphatic heterocycles. The molecule has 0 spiro atoms. The smallest absolute Gasteiger partial charge is 0.192 e. The van der Waals surface area contributed by atoms with Crippen molar-refractivity contribution in [3.05, 3.63) is 76.6 Å². The van der Waals surface area contributed by atoms with E-state index in [1.54, 1.807) is 20.1 Å². The van der Waals surface area contributed by atoms with E-state index in [-0.39, 0.29) is 29.8 Å². The molecule has 0 fully saturated rings. The van der Waals surface area contributed by atoms with Crippen molar-refractivity contribution in [3.8, 4) is 5.75 Å². The Morgan fingerprint density at radius 1 is 1.03 bits per heavy atom. The quantitative estimate of drug-likeness (QED) is 0.273. The van der Waals surface area contributed by atoms with Gasteiger partial charge < -0.3 is 19.9 Å². The van der Waals surface area contributed by atoms with Crippen LogP contribution in [0.3, 0.4) is 0 Å². The summed E-state index contributed by atoms with van der Waals surface area (Å²) in [7, 11) is 3.57. The van der Waals surface area contributed by atoms with E-state index in [9.17, 15) is 4.39 Å². The number of guanidine groups is 1. The number of nitrogens with zero attached hydrogens (tertiary/aromatic N) is 4. The molecule has 31 heavy (non-hydrogen) atoms. The molecule has 7 nitrogen and oxygen atoms in total. The van der Waals surface area contributed by atoms with Crippen molar-refractivity contribution >= 4 is 29.9 Å². The SMILES string of the molecule is COc1ccc(CNC(=NCc2ccc(F)c(C)c2)NCc2nnc(C)n2C)cc1.I.